The van der Waals surface area contributed by atoms with Crippen molar-refractivity contribution in [2.24, 2.45) is 5.92 Å². The summed E-state index contributed by atoms with van der Waals surface area (Å²) >= 11 is 6.08. The average molecular weight is 310 g/mol. The predicted molar refractivity (Wildman–Crippen MR) is 86.9 cm³/mol. The number of rotatable bonds is 5. The standard InChI is InChI=1S/C16H24ClN3O/c1-3-4-11-5-7-12(8-6-11)19-16(21)15-13(17)9-10-14(18-2)20-15/h9-12H,3-8H2,1-2H3,(H,18,20)(H,19,21). The van der Waals surface area contributed by atoms with Gasteiger partial charge in [-0.15, -0.1) is 0 Å². The number of carbonyl (C=O) groups excluding carboxylic acids is 1. The number of halogens is 1. The number of hydrogen-bond acceptors (Lipinski definition) is 3. The van der Waals surface area contributed by atoms with Gasteiger partial charge in [0.15, 0.2) is 0 Å². The first-order valence-electron chi connectivity index (χ1n) is 7.79. The highest BCUT2D eigenvalue weighted by Gasteiger charge is 2.23. The maximum Gasteiger partial charge on any atom is 0.271 e. The zero-order chi connectivity index (χ0) is 15.2. The maximum atomic E-state index is 12.3. The van der Waals surface area contributed by atoms with Crippen LogP contribution in [0.1, 0.15) is 55.9 Å². The Morgan fingerprint density at radius 2 is 2.05 bits per heavy atom. The lowest BCUT2D eigenvalue weighted by Gasteiger charge is -2.28. The van der Waals surface area contributed by atoms with Gasteiger partial charge in [-0.25, -0.2) is 4.98 Å². The number of nitrogens with zero attached hydrogens (tertiary/aromatic N) is 1. The van der Waals surface area contributed by atoms with E-state index in [1.54, 1.807) is 19.2 Å². The molecule has 1 heterocycles. The van der Waals surface area contributed by atoms with Crippen molar-refractivity contribution in [2.75, 3.05) is 12.4 Å². The van der Waals surface area contributed by atoms with Gasteiger partial charge in [0, 0.05) is 13.1 Å². The van der Waals surface area contributed by atoms with Crippen LogP contribution in [-0.4, -0.2) is 24.0 Å². The van der Waals surface area contributed by atoms with Gasteiger partial charge < -0.3 is 10.6 Å². The van der Waals surface area contributed by atoms with E-state index in [4.69, 9.17) is 11.6 Å². The summed E-state index contributed by atoms with van der Waals surface area (Å²) in [6.07, 6.45) is 7.07. The lowest BCUT2D eigenvalue weighted by Crippen LogP contribution is -2.38. The molecule has 1 saturated carbocycles. The average Bonchev–Trinajstić information content (AvgIpc) is 2.50. The van der Waals surface area contributed by atoms with E-state index >= 15 is 0 Å². The van der Waals surface area contributed by atoms with Crippen molar-refractivity contribution in [2.45, 2.75) is 51.5 Å². The molecule has 1 aromatic rings. The van der Waals surface area contributed by atoms with Crippen molar-refractivity contribution >= 4 is 23.3 Å². The molecule has 2 N–H and O–H groups in total. The molecular weight excluding hydrogens is 286 g/mol. The van der Waals surface area contributed by atoms with Crippen LogP contribution < -0.4 is 10.6 Å². The molecule has 0 aromatic carbocycles. The number of carbonyl (C=O) groups is 1. The Morgan fingerprint density at radius 1 is 1.33 bits per heavy atom. The maximum absolute atomic E-state index is 12.3. The first kappa shape index (κ1) is 16.1. The van der Waals surface area contributed by atoms with Crippen LogP contribution in [0.15, 0.2) is 12.1 Å². The number of nitrogens with one attached hydrogen (secondary N) is 2. The Bertz CT molecular complexity index is 484. The lowest BCUT2D eigenvalue weighted by molar-refractivity contribution is 0.0916. The molecule has 21 heavy (non-hydrogen) atoms. The molecule has 0 radical (unpaired) electrons. The highest BCUT2D eigenvalue weighted by atomic mass is 35.5. The molecule has 116 valence electrons. The fraction of sp³-hybridized carbons (Fsp3) is 0.625. The van der Waals surface area contributed by atoms with Crippen LogP contribution in [0.2, 0.25) is 5.02 Å². The monoisotopic (exact) mass is 309 g/mol. The van der Waals surface area contributed by atoms with E-state index in [1.807, 2.05) is 0 Å². The van der Waals surface area contributed by atoms with E-state index in [1.165, 1.54) is 25.7 Å². The second-order valence-electron chi connectivity index (χ2n) is 5.76. The normalized spacial score (nSPS) is 21.9. The minimum Gasteiger partial charge on any atom is -0.373 e. The first-order valence-corrected chi connectivity index (χ1v) is 8.17. The van der Waals surface area contributed by atoms with E-state index in [9.17, 15) is 4.79 Å². The molecule has 1 aliphatic rings. The van der Waals surface area contributed by atoms with Gasteiger partial charge in [-0.1, -0.05) is 31.4 Å². The molecule has 1 fully saturated rings. The smallest absolute Gasteiger partial charge is 0.271 e. The summed E-state index contributed by atoms with van der Waals surface area (Å²) < 4.78 is 0. The molecule has 0 atom stereocenters. The van der Waals surface area contributed by atoms with Gasteiger partial charge in [0.05, 0.1) is 5.02 Å². The molecule has 5 heteroatoms. The van der Waals surface area contributed by atoms with Crippen LogP contribution >= 0.6 is 11.6 Å². The van der Waals surface area contributed by atoms with Crippen LogP contribution in [0.3, 0.4) is 0 Å². The Morgan fingerprint density at radius 3 is 2.67 bits per heavy atom. The molecule has 0 unspecified atom stereocenters. The van der Waals surface area contributed by atoms with Crippen LogP contribution in [0, 0.1) is 5.92 Å². The lowest BCUT2D eigenvalue weighted by atomic mass is 9.83. The summed E-state index contributed by atoms with van der Waals surface area (Å²) in [7, 11) is 1.77. The fourth-order valence-electron chi connectivity index (χ4n) is 3.00. The van der Waals surface area contributed by atoms with E-state index < -0.39 is 0 Å². The minimum absolute atomic E-state index is 0.170. The summed E-state index contributed by atoms with van der Waals surface area (Å²) in [6.45, 7) is 2.23. The van der Waals surface area contributed by atoms with Gasteiger partial charge in [-0.05, 0) is 43.7 Å². The van der Waals surface area contributed by atoms with Crippen LogP contribution in [0.25, 0.3) is 0 Å². The Balaban J connectivity index is 1.93. The summed E-state index contributed by atoms with van der Waals surface area (Å²) in [5, 5.41) is 6.39. The highest BCUT2D eigenvalue weighted by Crippen LogP contribution is 2.28. The molecule has 1 aromatic heterocycles. The highest BCUT2D eigenvalue weighted by molar-refractivity contribution is 6.33. The van der Waals surface area contributed by atoms with Gasteiger partial charge in [0.2, 0.25) is 0 Å². The summed E-state index contributed by atoms with van der Waals surface area (Å²) in [5.74, 6) is 1.31. The van der Waals surface area contributed by atoms with Crippen LogP contribution in [0.4, 0.5) is 5.82 Å². The molecule has 1 aliphatic carbocycles. The second kappa shape index (κ2) is 7.64. The third-order valence-electron chi connectivity index (χ3n) is 4.20. The van der Waals surface area contributed by atoms with E-state index in [0.717, 1.165) is 18.8 Å². The Labute approximate surface area is 131 Å². The van der Waals surface area contributed by atoms with Crippen molar-refractivity contribution in [1.82, 2.24) is 10.3 Å². The van der Waals surface area contributed by atoms with Gasteiger partial charge in [-0.2, -0.15) is 0 Å². The van der Waals surface area contributed by atoms with Crippen molar-refractivity contribution < 1.29 is 4.79 Å². The summed E-state index contributed by atoms with van der Waals surface area (Å²) in [4.78, 5) is 16.6. The summed E-state index contributed by atoms with van der Waals surface area (Å²) in [5.41, 5.74) is 0.305. The fourth-order valence-corrected chi connectivity index (χ4v) is 3.19. The quantitative estimate of drug-likeness (QED) is 0.868. The molecule has 0 aliphatic heterocycles. The second-order valence-corrected chi connectivity index (χ2v) is 6.16. The molecule has 1 amide bonds. The van der Waals surface area contributed by atoms with Crippen LogP contribution in [-0.2, 0) is 0 Å². The third kappa shape index (κ3) is 4.34. The summed E-state index contributed by atoms with van der Waals surface area (Å²) in [6, 6.07) is 3.71. The topological polar surface area (TPSA) is 54.0 Å². The number of amides is 1. The van der Waals surface area contributed by atoms with Crippen molar-refractivity contribution in [3.05, 3.63) is 22.8 Å². The molecular formula is C16H24ClN3O. The van der Waals surface area contributed by atoms with E-state index in [2.05, 4.69) is 22.5 Å². The molecule has 0 saturated heterocycles. The number of hydrogen-bond donors (Lipinski definition) is 2. The minimum atomic E-state index is -0.170. The number of anilines is 1. The van der Waals surface area contributed by atoms with E-state index in [0.29, 0.717) is 16.5 Å². The van der Waals surface area contributed by atoms with Crippen molar-refractivity contribution in [3.8, 4) is 0 Å². The van der Waals surface area contributed by atoms with Gasteiger partial charge in [0.1, 0.15) is 11.5 Å². The third-order valence-corrected chi connectivity index (χ3v) is 4.50. The Kier molecular flexibility index (Phi) is 5.85. The number of pyridine rings is 1. The largest absolute Gasteiger partial charge is 0.373 e. The molecule has 0 bridgehead atoms. The molecule has 2 rings (SSSR count). The number of aromatic nitrogens is 1. The van der Waals surface area contributed by atoms with Crippen LogP contribution in [0.5, 0.6) is 0 Å². The Hall–Kier alpha value is -1.29. The van der Waals surface area contributed by atoms with Gasteiger partial charge in [0.25, 0.3) is 5.91 Å². The van der Waals surface area contributed by atoms with Gasteiger partial charge >= 0.3 is 0 Å². The SMILES string of the molecule is CCCC1CCC(NC(=O)c2nc(NC)ccc2Cl)CC1. The van der Waals surface area contributed by atoms with E-state index in [-0.39, 0.29) is 11.9 Å². The zero-order valence-electron chi connectivity index (χ0n) is 12.8. The van der Waals surface area contributed by atoms with Crippen molar-refractivity contribution in [3.63, 3.8) is 0 Å². The van der Waals surface area contributed by atoms with Gasteiger partial charge in [-0.3, -0.25) is 4.79 Å². The predicted octanol–water partition coefficient (Wildman–Crippen LogP) is 3.87. The first-order chi connectivity index (χ1) is 10.1. The molecule has 0 spiro atoms. The molecule has 4 nitrogen and oxygen atoms in total. The zero-order valence-corrected chi connectivity index (χ0v) is 13.5. The van der Waals surface area contributed by atoms with Crippen molar-refractivity contribution in [1.29, 1.82) is 0 Å².